The highest BCUT2D eigenvalue weighted by Gasteiger charge is 2.14. The fourth-order valence-corrected chi connectivity index (χ4v) is 1.87. The highest BCUT2D eigenvalue weighted by atomic mass is 79.9. The Kier molecular flexibility index (Phi) is 5.64. The van der Waals surface area contributed by atoms with E-state index < -0.39 is 0 Å². The third-order valence-electron chi connectivity index (χ3n) is 2.17. The topological polar surface area (TPSA) is 56.1 Å². The first-order chi connectivity index (χ1) is 8.02. The number of nitrogens with zero attached hydrogens (tertiary/aromatic N) is 2. The monoisotopic (exact) mass is 303 g/mol. The van der Waals surface area contributed by atoms with E-state index in [1.807, 2.05) is 13.8 Å². The van der Waals surface area contributed by atoms with Gasteiger partial charge in [-0.1, -0.05) is 0 Å². The summed E-state index contributed by atoms with van der Waals surface area (Å²) in [5.74, 6) is -0.124. The quantitative estimate of drug-likeness (QED) is 0.814. The zero-order chi connectivity index (χ0) is 12.8. The molecule has 0 atom stereocenters. The van der Waals surface area contributed by atoms with Gasteiger partial charge < -0.3 is 10.1 Å². The molecule has 6 heteroatoms. The first-order valence-electron chi connectivity index (χ1n) is 5.59. The van der Waals surface area contributed by atoms with Gasteiger partial charge in [-0.05, 0) is 36.2 Å². The molecule has 1 aromatic rings. The maximum Gasteiger partial charge on any atom is 0.270 e. The average Bonchev–Trinajstić information content (AvgIpc) is 2.57. The average molecular weight is 304 g/mol. The molecule has 1 rings (SSSR count). The molecule has 0 bridgehead atoms. The minimum atomic E-state index is -0.124. The predicted molar refractivity (Wildman–Crippen MR) is 68.9 cm³/mol. The summed E-state index contributed by atoms with van der Waals surface area (Å²) in [6, 6.07) is 0. The number of hydrogen-bond acceptors (Lipinski definition) is 3. The van der Waals surface area contributed by atoms with Crippen LogP contribution in [0.2, 0.25) is 0 Å². The second kappa shape index (κ2) is 6.76. The van der Waals surface area contributed by atoms with Crippen LogP contribution < -0.4 is 5.32 Å². The van der Waals surface area contributed by atoms with Gasteiger partial charge in [-0.25, -0.2) is 0 Å². The molecular weight excluding hydrogens is 286 g/mol. The molecule has 1 aromatic heterocycles. The molecule has 0 saturated carbocycles. The second-order valence-corrected chi connectivity index (χ2v) is 4.85. The van der Waals surface area contributed by atoms with Crippen LogP contribution in [-0.4, -0.2) is 34.9 Å². The van der Waals surface area contributed by atoms with Gasteiger partial charge in [0.1, 0.15) is 5.69 Å². The van der Waals surface area contributed by atoms with E-state index >= 15 is 0 Å². The third-order valence-corrected chi connectivity index (χ3v) is 2.75. The zero-order valence-corrected chi connectivity index (χ0v) is 12.0. The highest BCUT2D eigenvalue weighted by Crippen LogP contribution is 2.14. The fraction of sp³-hybridized carbons (Fsp3) is 0.636. The summed E-state index contributed by atoms with van der Waals surface area (Å²) in [7, 11) is 1.74. The van der Waals surface area contributed by atoms with Gasteiger partial charge in [0.15, 0.2) is 0 Å². The van der Waals surface area contributed by atoms with E-state index in [-0.39, 0.29) is 12.0 Å². The Morgan fingerprint density at radius 3 is 2.88 bits per heavy atom. The van der Waals surface area contributed by atoms with Crippen molar-refractivity contribution in [1.82, 2.24) is 15.1 Å². The van der Waals surface area contributed by atoms with Gasteiger partial charge in [-0.3, -0.25) is 9.48 Å². The summed E-state index contributed by atoms with van der Waals surface area (Å²) >= 11 is 3.29. The molecule has 0 aliphatic heterocycles. The molecule has 0 aliphatic rings. The number of aromatic nitrogens is 2. The molecule has 1 heterocycles. The van der Waals surface area contributed by atoms with E-state index in [9.17, 15) is 4.79 Å². The summed E-state index contributed by atoms with van der Waals surface area (Å²) < 4.78 is 7.63. The summed E-state index contributed by atoms with van der Waals surface area (Å²) in [4.78, 5) is 11.8. The highest BCUT2D eigenvalue weighted by molar-refractivity contribution is 9.10. The van der Waals surface area contributed by atoms with Crippen molar-refractivity contribution in [3.63, 3.8) is 0 Å². The summed E-state index contributed by atoms with van der Waals surface area (Å²) in [5, 5.41) is 6.82. The second-order valence-electron chi connectivity index (χ2n) is 3.99. The van der Waals surface area contributed by atoms with Crippen LogP contribution in [0.1, 0.15) is 30.8 Å². The van der Waals surface area contributed by atoms with E-state index in [1.54, 1.807) is 17.9 Å². The lowest BCUT2D eigenvalue weighted by Crippen LogP contribution is -2.27. The Labute approximate surface area is 110 Å². The number of ether oxygens (including phenoxy) is 1. The molecule has 0 aromatic carbocycles. The number of amides is 1. The maximum atomic E-state index is 11.8. The van der Waals surface area contributed by atoms with Crippen LogP contribution in [0.3, 0.4) is 0 Å². The van der Waals surface area contributed by atoms with Crippen molar-refractivity contribution in [1.29, 1.82) is 0 Å². The minimum absolute atomic E-state index is 0.124. The molecule has 5 nitrogen and oxygen atoms in total. The Morgan fingerprint density at radius 2 is 2.35 bits per heavy atom. The lowest BCUT2D eigenvalue weighted by atomic mass is 10.3. The van der Waals surface area contributed by atoms with E-state index in [0.717, 1.165) is 6.42 Å². The Bertz CT molecular complexity index is 357. The zero-order valence-electron chi connectivity index (χ0n) is 10.4. The fourth-order valence-electron chi connectivity index (χ4n) is 1.34. The number of aryl methyl sites for hydroxylation is 1. The number of rotatable bonds is 6. The summed E-state index contributed by atoms with van der Waals surface area (Å²) in [5.41, 5.74) is 0.537. The minimum Gasteiger partial charge on any atom is -0.379 e. The van der Waals surface area contributed by atoms with E-state index in [0.29, 0.717) is 23.3 Å². The van der Waals surface area contributed by atoms with Crippen molar-refractivity contribution in [3.05, 3.63) is 16.4 Å². The molecule has 0 unspecified atom stereocenters. The van der Waals surface area contributed by atoms with Crippen LogP contribution in [0.15, 0.2) is 10.7 Å². The SMILES string of the molecule is CC(C)OCCCNC(=O)c1c(Br)cnn1C. The molecule has 0 radical (unpaired) electrons. The summed E-state index contributed by atoms with van der Waals surface area (Å²) in [6.45, 7) is 5.24. The van der Waals surface area contributed by atoms with Gasteiger partial charge in [-0.15, -0.1) is 0 Å². The number of hydrogen-bond donors (Lipinski definition) is 1. The van der Waals surface area contributed by atoms with E-state index in [1.165, 1.54) is 0 Å². The van der Waals surface area contributed by atoms with Gasteiger partial charge >= 0.3 is 0 Å². The van der Waals surface area contributed by atoms with Gasteiger partial charge in [0, 0.05) is 20.2 Å². The number of carbonyl (C=O) groups is 1. The van der Waals surface area contributed by atoms with Crippen LogP contribution >= 0.6 is 15.9 Å². The van der Waals surface area contributed by atoms with Crippen molar-refractivity contribution in [2.75, 3.05) is 13.2 Å². The first-order valence-corrected chi connectivity index (χ1v) is 6.39. The van der Waals surface area contributed by atoms with Crippen LogP contribution in [0.5, 0.6) is 0 Å². The standard InChI is InChI=1S/C11H18BrN3O2/c1-8(2)17-6-4-5-13-11(16)10-9(12)7-14-15(10)3/h7-8H,4-6H2,1-3H3,(H,13,16). The maximum absolute atomic E-state index is 11.8. The van der Waals surface area contributed by atoms with Gasteiger partial charge in [-0.2, -0.15) is 5.10 Å². The molecular formula is C11H18BrN3O2. The molecule has 1 N–H and O–H groups in total. The lowest BCUT2D eigenvalue weighted by molar-refractivity contribution is 0.0756. The molecule has 0 saturated heterocycles. The van der Waals surface area contributed by atoms with Crippen LogP contribution in [0, 0.1) is 0 Å². The third kappa shape index (κ3) is 4.47. The number of halogens is 1. The summed E-state index contributed by atoms with van der Waals surface area (Å²) in [6.07, 6.45) is 2.65. The van der Waals surface area contributed by atoms with Crippen LogP contribution in [0.25, 0.3) is 0 Å². The Hall–Kier alpha value is -0.880. The van der Waals surface area contributed by atoms with Gasteiger partial charge in [0.25, 0.3) is 5.91 Å². The van der Waals surface area contributed by atoms with Crippen molar-refractivity contribution in [2.45, 2.75) is 26.4 Å². The van der Waals surface area contributed by atoms with Crippen molar-refractivity contribution >= 4 is 21.8 Å². The normalized spacial score (nSPS) is 10.9. The molecule has 1 amide bonds. The molecule has 17 heavy (non-hydrogen) atoms. The van der Waals surface area contributed by atoms with Gasteiger partial charge in [0.2, 0.25) is 0 Å². The van der Waals surface area contributed by atoms with Gasteiger partial charge in [0.05, 0.1) is 16.8 Å². The molecule has 0 spiro atoms. The van der Waals surface area contributed by atoms with Crippen molar-refractivity contribution < 1.29 is 9.53 Å². The van der Waals surface area contributed by atoms with Crippen LogP contribution in [-0.2, 0) is 11.8 Å². The molecule has 0 aliphatic carbocycles. The molecule has 0 fully saturated rings. The van der Waals surface area contributed by atoms with E-state index in [4.69, 9.17) is 4.74 Å². The Balaban J connectivity index is 2.31. The smallest absolute Gasteiger partial charge is 0.270 e. The predicted octanol–water partition coefficient (Wildman–Crippen LogP) is 1.73. The number of nitrogens with one attached hydrogen (secondary N) is 1. The Morgan fingerprint density at radius 1 is 1.65 bits per heavy atom. The lowest BCUT2D eigenvalue weighted by Gasteiger charge is -2.08. The molecule has 96 valence electrons. The van der Waals surface area contributed by atoms with Crippen molar-refractivity contribution in [3.8, 4) is 0 Å². The largest absolute Gasteiger partial charge is 0.379 e. The first kappa shape index (κ1) is 14.2. The van der Waals surface area contributed by atoms with Crippen LogP contribution in [0.4, 0.5) is 0 Å². The van der Waals surface area contributed by atoms with E-state index in [2.05, 4.69) is 26.3 Å². The van der Waals surface area contributed by atoms with Crippen molar-refractivity contribution in [2.24, 2.45) is 7.05 Å². The number of carbonyl (C=O) groups excluding carboxylic acids is 1.